The van der Waals surface area contributed by atoms with Gasteiger partial charge in [-0.1, -0.05) is 39.0 Å². The van der Waals surface area contributed by atoms with Gasteiger partial charge in [0.2, 0.25) is 0 Å². The molecule has 0 aromatic rings. The topological polar surface area (TPSA) is 37.4 Å². The van der Waals surface area contributed by atoms with Crippen molar-refractivity contribution in [2.45, 2.75) is 64.2 Å². The lowest BCUT2D eigenvalue weighted by Crippen LogP contribution is -2.32. The number of hydrogen-bond donors (Lipinski definition) is 0. The Kier molecular flexibility index (Phi) is 5.17. The van der Waals surface area contributed by atoms with E-state index in [-0.39, 0.29) is 11.8 Å². The van der Waals surface area contributed by atoms with Crippen LogP contribution >= 0.6 is 0 Å². The normalized spacial score (nSPS) is 20.6. The molecule has 3 nitrogen and oxygen atoms in total. The number of hydrogen-bond acceptors (Lipinski definition) is 2. The fourth-order valence-electron chi connectivity index (χ4n) is 2.98. The van der Waals surface area contributed by atoms with E-state index >= 15 is 0 Å². The Hall–Kier alpha value is -1.12. The van der Waals surface area contributed by atoms with Crippen molar-refractivity contribution in [3.8, 4) is 0 Å². The third-order valence-corrected chi connectivity index (χ3v) is 4.11. The number of imide groups is 1. The van der Waals surface area contributed by atoms with Crippen LogP contribution in [0.4, 0.5) is 0 Å². The minimum atomic E-state index is -0.00322. The molecular formula is C16H24NO2. The Bertz CT molecular complexity index is 354. The monoisotopic (exact) mass is 262 g/mol. The highest BCUT2D eigenvalue weighted by atomic mass is 16.2. The largest absolute Gasteiger partial charge is 0.275 e. The van der Waals surface area contributed by atoms with E-state index in [0.717, 1.165) is 62.5 Å². The van der Waals surface area contributed by atoms with Crippen molar-refractivity contribution in [3.05, 3.63) is 18.1 Å². The summed E-state index contributed by atoms with van der Waals surface area (Å²) in [6.07, 6.45) is 10.0. The molecule has 1 heterocycles. The summed E-state index contributed by atoms with van der Waals surface area (Å²) in [4.78, 5) is 26.1. The summed E-state index contributed by atoms with van der Waals surface area (Å²) in [6, 6.07) is 0. The van der Waals surface area contributed by atoms with Crippen LogP contribution < -0.4 is 0 Å². The fraction of sp³-hybridized carbons (Fsp3) is 0.688. The molecule has 0 bridgehead atoms. The predicted molar refractivity (Wildman–Crippen MR) is 75.3 cm³/mol. The van der Waals surface area contributed by atoms with E-state index in [0.29, 0.717) is 6.54 Å². The maximum absolute atomic E-state index is 12.3. The number of rotatable bonds is 5. The molecule has 1 radical (unpaired) electrons. The molecule has 0 aromatic carbocycles. The zero-order valence-corrected chi connectivity index (χ0v) is 11.7. The molecule has 0 fully saturated rings. The number of carbonyl (C=O) groups excluding carboxylic acids is 2. The summed E-state index contributed by atoms with van der Waals surface area (Å²) in [5.74, 6) is -0.00644. The predicted octanol–water partition coefficient (Wildman–Crippen LogP) is 3.40. The molecule has 2 aliphatic rings. The highest BCUT2D eigenvalue weighted by Gasteiger charge is 2.36. The lowest BCUT2D eigenvalue weighted by molar-refractivity contribution is -0.137. The van der Waals surface area contributed by atoms with Crippen LogP contribution in [0.3, 0.4) is 0 Å². The molecule has 0 atom stereocenters. The van der Waals surface area contributed by atoms with E-state index in [4.69, 9.17) is 0 Å². The van der Waals surface area contributed by atoms with E-state index in [2.05, 4.69) is 6.92 Å². The molecule has 1 aliphatic carbocycles. The minimum absolute atomic E-state index is 0.00322. The Morgan fingerprint density at radius 1 is 0.842 bits per heavy atom. The van der Waals surface area contributed by atoms with Gasteiger partial charge in [0.15, 0.2) is 0 Å². The summed E-state index contributed by atoms with van der Waals surface area (Å²) < 4.78 is 0. The first-order valence-electron chi connectivity index (χ1n) is 7.63. The average Bonchev–Trinajstić information content (AvgIpc) is 2.57. The molecule has 1 aliphatic heterocycles. The van der Waals surface area contributed by atoms with Gasteiger partial charge in [0, 0.05) is 17.7 Å². The van der Waals surface area contributed by atoms with E-state index in [1.54, 1.807) is 0 Å². The number of carbonyl (C=O) groups is 2. The second kappa shape index (κ2) is 6.88. The summed E-state index contributed by atoms with van der Waals surface area (Å²) in [5.41, 5.74) is 1.64. The molecule has 0 aromatic heterocycles. The van der Waals surface area contributed by atoms with Gasteiger partial charge in [0.1, 0.15) is 0 Å². The van der Waals surface area contributed by atoms with E-state index in [1.807, 2.05) is 0 Å². The molecule has 19 heavy (non-hydrogen) atoms. The zero-order valence-electron chi connectivity index (χ0n) is 11.7. The summed E-state index contributed by atoms with van der Waals surface area (Å²) in [6.45, 7) is 4.40. The van der Waals surface area contributed by atoms with Crippen molar-refractivity contribution in [1.29, 1.82) is 0 Å². The first-order chi connectivity index (χ1) is 9.25. The Morgan fingerprint density at radius 2 is 1.42 bits per heavy atom. The van der Waals surface area contributed by atoms with Crippen molar-refractivity contribution in [1.82, 2.24) is 4.90 Å². The van der Waals surface area contributed by atoms with Gasteiger partial charge in [-0.15, -0.1) is 0 Å². The van der Waals surface area contributed by atoms with Crippen molar-refractivity contribution in [2.24, 2.45) is 0 Å². The summed E-state index contributed by atoms with van der Waals surface area (Å²) in [5, 5.41) is 0. The van der Waals surface area contributed by atoms with Crippen molar-refractivity contribution in [2.75, 3.05) is 6.54 Å². The van der Waals surface area contributed by atoms with Crippen LogP contribution in [0, 0.1) is 6.92 Å². The van der Waals surface area contributed by atoms with Crippen LogP contribution in [0.5, 0.6) is 0 Å². The van der Waals surface area contributed by atoms with E-state index < -0.39 is 0 Å². The molecular weight excluding hydrogens is 238 g/mol. The van der Waals surface area contributed by atoms with Gasteiger partial charge in [-0.25, -0.2) is 0 Å². The molecule has 2 amide bonds. The maximum atomic E-state index is 12.3. The molecule has 0 saturated heterocycles. The van der Waals surface area contributed by atoms with Gasteiger partial charge >= 0.3 is 0 Å². The molecule has 2 rings (SSSR count). The molecule has 105 valence electrons. The van der Waals surface area contributed by atoms with Crippen molar-refractivity contribution in [3.63, 3.8) is 0 Å². The second-order valence-electron chi connectivity index (χ2n) is 5.55. The quantitative estimate of drug-likeness (QED) is 0.562. The SMILES string of the molecule is [CH2]CCCCCN1C(=O)C2=C(CCCCCC2)C1=O. The third-order valence-electron chi connectivity index (χ3n) is 4.11. The highest BCUT2D eigenvalue weighted by molar-refractivity contribution is 6.19. The van der Waals surface area contributed by atoms with E-state index in [1.165, 1.54) is 17.7 Å². The van der Waals surface area contributed by atoms with Crippen LogP contribution in [-0.2, 0) is 9.59 Å². The van der Waals surface area contributed by atoms with Gasteiger partial charge in [-0.05, 0) is 32.1 Å². The minimum Gasteiger partial charge on any atom is -0.275 e. The van der Waals surface area contributed by atoms with Crippen LogP contribution in [0.15, 0.2) is 11.1 Å². The maximum Gasteiger partial charge on any atom is 0.257 e. The standard InChI is InChI=1S/C16H24NO2/c1-2-3-4-9-12-17-15(18)13-10-7-5-6-8-11-14(13)16(17)19/h1-12H2. The molecule has 0 saturated carbocycles. The van der Waals surface area contributed by atoms with Gasteiger partial charge in [-0.2, -0.15) is 0 Å². The van der Waals surface area contributed by atoms with Crippen LogP contribution in [0.25, 0.3) is 0 Å². The fourth-order valence-corrected chi connectivity index (χ4v) is 2.98. The lowest BCUT2D eigenvalue weighted by atomic mass is 9.95. The first kappa shape index (κ1) is 14.3. The first-order valence-corrected chi connectivity index (χ1v) is 7.63. The Labute approximate surface area is 116 Å². The molecule has 0 spiro atoms. The molecule has 3 heteroatoms. The van der Waals surface area contributed by atoms with Crippen LogP contribution in [0.2, 0.25) is 0 Å². The number of amides is 2. The smallest absolute Gasteiger partial charge is 0.257 e. The molecule has 0 N–H and O–H groups in total. The average molecular weight is 262 g/mol. The Balaban J connectivity index is 1.98. The third kappa shape index (κ3) is 3.26. The van der Waals surface area contributed by atoms with Crippen molar-refractivity contribution >= 4 is 11.8 Å². The number of unbranched alkanes of at least 4 members (excludes halogenated alkanes) is 3. The summed E-state index contributed by atoms with van der Waals surface area (Å²) >= 11 is 0. The van der Waals surface area contributed by atoms with Crippen molar-refractivity contribution < 1.29 is 9.59 Å². The van der Waals surface area contributed by atoms with Crippen LogP contribution in [0.1, 0.15) is 64.2 Å². The van der Waals surface area contributed by atoms with Crippen LogP contribution in [-0.4, -0.2) is 23.3 Å². The van der Waals surface area contributed by atoms with E-state index in [9.17, 15) is 9.59 Å². The second-order valence-corrected chi connectivity index (χ2v) is 5.55. The highest BCUT2D eigenvalue weighted by Crippen LogP contribution is 2.31. The molecule has 0 unspecified atom stereocenters. The van der Waals surface area contributed by atoms with Gasteiger partial charge in [0.25, 0.3) is 11.8 Å². The Morgan fingerprint density at radius 3 is 1.95 bits per heavy atom. The lowest BCUT2D eigenvalue weighted by Gasteiger charge is -2.14. The summed E-state index contributed by atoms with van der Waals surface area (Å²) in [7, 11) is 0. The number of nitrogens with zero attached hydrogens (tertiary/aromatic N) is 1. The zero-order chi connectivity index (χ0) is 13.7. The van der Waals surface area contributed by atoms with Gasteiger partial charge in [-0.3, -0.25) is 14.5 Å². The van der Waals surface area contributed by atoms with Gasteiger partial charge < -0.3 is 0 Å². The van der Waals surface area contributed by atoms with Gasteiger partial charge in [0.05, 0.1) is 0 Å².